The molecule has 2 aromatic heterocycles. The van der Waals surface area contributed by atoms with Crippen LogP contribution in [0.2, 0.25) is 5.02 Å². The Labute approximate surface area is 134 Å². The van der Waals surface area contributed by atoms with Gasteiger partial charge in [0.25, 0.3) is 0 Å². The highest BCUT2D eigenvalue weighted by molar-refractivity contribution is 9.10. The van der Waals surface area contributed by atoms with Crippen LogP contribution in [0.1, 0.15) is 10.6 Å². The normalized spacial score (nSPS) is 10.9. The maximum absolute atomic E-state index is 6.44. The summed E-state index contributed by atoms with van der Waals surface area (Å²) in [5.74, 6) is 0. The molecular formula is C15H12BrClN2S. The third-order valence-electron chi connectivity index (χ3n) is 3.09. The van der Waals surface area contributed by atoms with Crippen LogP contribution >= 0.6 is 38.9 Å². The number of nitrogens with zero attached hydrogens (tertiary/aromatic N) is 1. The highest BCUT2D eigenvalue weighted by Crippen LogP contribution is 2.35. The van der Waals surface area contributed by atoms with E-state index in [1.165, 1.54) is 4.70 Å². The smallest absolute Gasteiger partial charge is 0.106 e. The van der Waals surface area contributed by atoms with E-state index in [4.69, 9.17) is 11.6 Å². The van der Waals surface area contributed by atoms with E-state index in [-0.39, 0.29) is 0 Å². The molecule has 1 aromatic carbocycles. The number of anilines is 1. The van der Waals surface area contributed by atoms with Gasteiger partial charge in [0.15, 0.2) is 0 Å². The molecule has 5 heteroatoms. The summed E-state index contributed by atoms with van der Waals surface area (Å²) in [5, 5.41) is 5.38. The van der Waals surface area contributed by atoms with E-state index in [1.807, 2.05) is 31.2 Å². The van der Waals surface area contributed by atoms with Gasteiger partial charge in [0, 0.05) is 15.0 Å². The molecule has 2 heterocycles. The van der Waals surface area contributed by atoms with E-state index < -0.39 is 0 Å². The first-order valence-electron chi connectivity index (χ1n) is 6.18. The third-order valence-corrected chi connectivity index (χ3v) is 5.25. The molecule has 0 aliphatic heterocycles. The monoisotopic (exact) mass is 366 g/mol. The molecule has 0 unspecified atom stereocenters. The Bertz CT molecular complexity index is 770. The van der Waals surface area contributed by atoms with Crippen molar-refractivity contribution in [3.63, 3.8) is 0 Å². The maximum Gasteiger partial charge on any atom is 0.106 e. The lowest BCUT2D eigenvalue weighted by Crippen LogP contribution is -2.01. The van der Waals surface area contributed by atoms with Crippen molar-refractivity contribution < 1.29 is 0 Å². The van der Waals surface area contributed by atoms with Crippen LogP contribution in [0.15, 0.2) is 41.0 Å². The van der Waals surface area contributed by atoms with Crippen molar-refractivity contribution in [2.75, 3.05) is 5.32 Å². The first kappa shape index (κ1) is 13.9. The van der Waals surface area contributed by atoms with Crippen LogP contribution in [-0.4, -0.2) is 4.98 Å². The van der Waals surface area contributed by atoms with E-state index in [9.17, 15) is 0 Å². The summed E-state index contributed by atoms with van der Waals surface area (Å²) < 4.78 is 2.07. The molecule has 3 aromatic rings. The Morgan fingerprint density at radius 2 is 2.05 bits per heavy atom. The topological polar surface area (TPSA) is 24.9 Å². The van der Waals surface area contributed by atoms with Crippen LogP contribution in [0.4, 0.5) is 5.69 Å². The highest BCUT2D eigenvalue weighted by atomic mass is 79.9. The number of pyridine rings is 1. The molecule has 1 N–H and O–H groups in total. The lowest BCUT2D eigenvalue weighted by atomic mass is 10.2. The van der Waals surface area contributed by atoms with Crippen LogP contribution in [-0.2, 0) is 6.54 Å². The van der Waals surface area contributed by atoms with E-state index in [0.717, 1.165) is 31.3 Å². The number of aromatic nitrogens is 1. The molecule has 0 saturated carbocycles. The van der Waals surface area contributed by atoms with Gasteiger partial charge in [-0.25, -0.2) is 4.98 Å². The minimum absolute atomic E-state index is 0.711. The third kappa shape index (κ3) is 2.68. The average Bonchev–Trinajstić information content (AvgIpc) is 2.75. The molecule has 0 atom stereocenters. The molecule has 20 heavy (non-hydrogen) atoms. The molecule has 0 amide bonds. The number of fused-ring (bicyclic) bond motifs is 1. The number of hydrogen-bond donors (Lipinski definition) is 1. The largest absolute Gasteiger partial charge is 0.379 e. The Balaban J connectivity index is 1.85. The predicted molar refractivity (Wildman–Crippen MR) is 90.8 cm³/mol. The van der Waals surface area contributed by atoms with Crippen LogP contribution in [0.25, 0.3) is 10.1 Å². The number of nitrogens with one attached hydrogen (secondary N) is 1. The second-order valence-corrected chi connectivity index (χ2v) is 6.78. The van der Waals surface area contributed by atoms with Crippen LogP contribution in [0, 0.1) is 6.92 Å². The summed E-state index contributed by atoms with van der Waals surface area (Å²) in [5.41, 5.74) is 2.00. The van der Waals surface area contributed by atoms with Crippen molar-refractivity contribution in [1.29, 1.82) is 0 Å². The Morgan fingerprint density at radius 3 is 2.80 bits per heavy atom. The summed E-state index contributed by atoms with van der Waals surface area (Å²) in [6.45, 7) is 2.70. The molecule has 3 rings (SSSR count). The first-order valence-corrected chi connectivity index (χ1v) is 8.17. The van der Waals surface area contributed by atoms with Gasteiger partial charge in [-0.3, -0.25) is 0 Å². The molecule has 0 saturated heterocycles. The van der Waals surface area contributed by atoms with Gasteiger partial charge < -0.3 is 5.32 Å². The molecule has 2 nitrogen and oxygen atoms in total. The van der Waals surface area contributed by atoms with Gasteiger partial charge in [-0.15, -0.1) is 11.3 Å². The molecule has 0 aliphatic carbocycles. The van der Waals surface area contributed by atoms with Crippen molar-refractivity contribution in [3.8, 4) is 0 Å². The van der Waals surface area contributed by atoms with Gasteiger partial charge in [0.05, 0.1) is 22.9 Å². The lowest BCUT2D eigenvalue weighted by molar-refractivity contribution is 1.11. The standard InChI is InChI=1S/C15H12BrClN2S/c1-9-11(6-7-14(16)19-9)18-8-13-15(17)10-4-2-3-5-12(10)20-13/h2-7,18H,8H2,1H3. The maximum atomic E-state index is 6.44. The van der Waals surface area contributed by atoms with Gasteiger partial charge >= 0.3 is 0 Å². The minimum atomic E-state index is 0.711. The van der Waals surface area contributed by atoms with Gasteiger partial charge in [-0.05, 0) is 41.1 Å². The van der Waals surface area contributed by atoms with Gasteiger partial charge in [0.1, 0.15) is 4.60 Å². The average molecular weight is 368 g/mol. The van der Waals surface area contributed by atoms with Crippen molar-refractivity contribution in [2.24, 2.45) is 0 Å². The molecule has 0 bridgehead atoms. The van der Waals surface area contributed by atoms with Crippen LogP contribution in [0.5, 0.6) is 0 Å². The van der Waals surface area contributed by atoms with E-state index >= 15 is 0 Å². The number of benzene rings is 1. The van der Waals surface area contributed by atoms with Crippen molar-refractivity contribution in [2.45, 2.75) is 13.5 Å². The molecule has 0 spiro atoms. The summed E-state index contributed by atoms with van der Waals surface area (Å²) in [6.07, 6.45) is 0. The van der Waals surface area contributed by atoms with Gasteiger partial charge in [-0.1, -0.05) is 29.8 Å². The quantitative estimate of drug-likeness (QED) is 0.607. The highest BCUT2D eigenvalue weighted by Gasteiger charge is 2.10. The van der Waals surface area contributed by atoms with E-state index in [0.29, 0.717) is 6.54 Å². The van der Waals surface area contributed by atoms with Gasteiger partial charge in [-0.2, -0.15) is 0 Å². The van der Waals surface area contributed by atoms with Crippen molar-refractivity contribution in [3.05, 3.63) is 56.6 Å². The second kappa shape index (κ2) is 5.72. The van der Waals surface area contributed by atoms with E-state index in [1.54, 1.807) is 11.3 Å². The summed E-state index contributed by atoms with van der Waals surface area (Å²) in [7, 11) is 0. The molecular weight excluding hydrogens is 356 g/mol. The Kier molecular flexibility index (Phi) is 3.96. The Morgan fingerprint density at radius 1 is 1.25 bits per heavy atom. The van der Waals surface area contributed by atoms with E-state index in [2.05, 4.69) is 38.4 Å². The first-order chi connectivity index (χ1) is 9.65. The van der Waals surface area contributed by atoms with Gasteiger partial charge in [0.2, 0.25) is 0 Å². The van der Waals surface area contributed by atoms with Crippen molar-refractivity contribution in [1.82, 2.24) is 4.98 Å². The molecule has 102 valence electrons. The number of aryl methyl sites for hydroxylation is 1. The fraction of sp³-hybridized carbons (Fsp3) is 0.133. The summed E-state index contributed by atoms with van der Waals surface area (Å²) in [6, 6.07) is 12.2. The number of hydrogen-bond acceptors (Lipinski definition) is 3. The second-order valence-electron chi connectivity index (χ2n) is 4.46. The zero-order valence-electron chi connectivity index (χ0n) is 10.8. The molecule has 0 aliphatic rings. The fourth-order valence-electron chi connectivity index (χ4n) is 2.07. The Hall–Kier alpha value is -1.10. The number of halogens is 2. The fourth-order valence-corrected chi connectivity index (χ4v) is 3.91. The predicted octanol–water partition coefficient (Wildman–Crippen LogP) is 5.63. The summed E-state index contributed by atoms with van der Waals surface area (Å²) >= 11 is 11.5. The molecule has 0 fully saturated rings. The minimum Gasteiger partial charge on any atom is -0.379 e. The van der Waals surface area contributed by atoms with Crippen LogP contribution < -0.4 is 5.32 Å². The number of thiophene rings is 1. The number of rotatable bonds is 3. The van der Waals surface area contributed by atoms with Crippen molar-refractivity contribution >= 4 is 54.6 Å². The van der Waals surface area contributed by atoms with Crippen LogP contribution in [0.3, 0.4) is 0 Å². The molecule has 0 radical (unpaired) electrons. The SMILES string of the molecule is Cc1nc(Br)ccc1NCc1sc2ccccc2c1Cl. The summed E-state index contributed by atoms with van der Waals surface area (Å²) in [4.78, 5) is 5.52. The lowest BCUT2D eigenvalue weighted by Gasteiger charge is -2.08. The zero-order chi connectivity index (χ0) is 14.1. The zero-order valence-corrected chi connectivity index (χ0v) is 13.9.